The Morgan fingerprint density at radius 2 is 1.88 bits per heavy atom. The van der Waals surface area contributed by atoms with Crippen LogP contribution in [0.25, 0.3) is 0 Å². The molecule has 132 valence electrons. The second-order valence-corrected chi connectivity index (χ2v) is 6.09. The number of nitrogens with zero attached hydrogens (tertiary/aromatic N) is 1. The van der Waals surface area contributed by atoms with Crippen LogP contribution in [0.1, 0.15) is 26.6 Å². The van der Waals surface area contributed by atoms with E-state index in [0.29, 0.717) is 27.1 Å². The molecular formula is C18H13Cl2N3O3. The summed E-state index contributed by atoms with van der Waals surface area (Å²) in [5, 5.41) is 6.07. The van der Waals surface area contributed by atoms with Gasteiger partial charge in [-0.05, 0) is 42.5 Å². The maximum Gasteiger partial charge on any atom is 0.274 e. The summed E-state index contributed by atoms with van der Waals surface area (Å²) in [4.78, 5) is 28.5. The van der Waals surface area contributed by atoms with Gasteiger partial charge in [0.1, 0.15) is 11.5 Å². The van der Waals surface area contributed by atoms with Crippen molar-refractivity contribution in [3.63, 3.8) is 0 Å². The summed E-state index contributed by atoms with van der Waals surface area (Å²) < 4.78 is 5.15. The number of rotatable bonds is 5. The molecule has 1 aromatic carbocycles. The van der Waals surface area contributed by atoms with Crippen molar-refractivity contribution in [2.24, 2.45) is 0 Å². The molecule has 26 heavy (non-hydrogen) atoms. The summed E-state index contributed by atoms with van der Waals surface area (Å²) in [5.41, 5.74) is 0.881. The van der Waals surface area contributed by atoms with Crippen molar-refractivity contribution in [1.29, 1.82) is 0 Å². The monoisotopic (exact) mass is 389 g/mol. The first-order valence-electron chi connectivity index (χ1n) is 7.56. The molecule has 0 spiro atoms. The fourth-order valence-electron chi connectivity index (χ4n) is 2.15. The SMILES string of the molecule is O=C(NCc1ccco1)c1ccnc(C(=O)Nc2ccc(Cl)c(Cl)c2)c1. The Balaban J connectivity index is 1.68. The van der Waals surface area contributed by atoms with Crippen molar-refractivity contribution in [3.05, 3.63) is 82.0 Å². The molecule has 0 fully saturated rings. The van der Waals surface area contributed by atoms with Crippen LogP contribution in [0.2, 0.25) is 10.0 Å². The molecule has 0 radical (unpaired) electrons. The highest BCUT2D eigenvalue weighted by Gasteiger charge is 2.13. The molecular weight excluding hydrogens is 377 g/mol. The maximum atomic E-state index is 12.3. The van der Waals surface area contributed by atoms with E-state index in [1.807, 2.05) is 0 Å². The van der Waals surface area contributed by atoms with Gasteiger partial charge in [0, 0.05) is 17.4 Å². The number of hydrogen-bond donors (Lipinski definition) is 2. The lowest BCUT2D eigenvalue weighted by atomic mass is 10.2. The Hall–Kier alpha value is -2.83. The summed E-state index contributed by atoms with van der Waals surface area (Å²) in [6.45, 7) is 0.249. The van der Waals surface area contributed by atoms with Gasteiger partial charge in [-0.2, -0.15) is 0 Å². The minimum atomic E-state index is -0.468. The van der Waals surface area contributed by atoms with Crippen LogP contribution in [0.5, 0.6) is 0 Å². The molecule has 6 nitrogen and oxygen atoms in total. The molecule has 8 heteroatoms. The Kier molecular flexibility index (Phi) is 5.55. The van der Waals surface area contributed by atoms with Gasteiger partial charge in [-0.3, -0.25) is 14.6 Å². The van der Waals surface area contributed by atoms with E-state index in [0.717, 1.165) is 0 Å². The number of anilines is 1. The molecule has 0 saturated heterocycles. The molecule has 3 rings (SSSR count). The number of pyridine rings is 1. The molecule has 0 unspecified atom stereocenters. The van der Waals surface area contributed by atoms with Gasteiger partial charge in [-0.15, -0.1) is 0 Å². The smallest absolute Gasteiger partial charge is 0.274 e. The predicted octanol–water partition coefficient (Wildman–Crippen LogP) is 4.16. The van der Waals surface area contributed by atoms with Crippen LogP contribution in [0.3, 0.4) is 0 Å². The van der Waals surface area contributed by atoms with Gasteiger partial charge in [-0.25, -0.2) is 0 Å². The van der Waals surface area contributed by atoms with Crippen LogP contribution in [0, 0.1) is 0 Å². The fraction of sp³-hybridized carbons (Fsp3) is 0.0556. The van der Waals surface area contributed by atoms with Crippen molar-refractivity contribution in [3.8, 4) is 0 Å². The number of benzene rings is 1. The van der Waals surface area contributed by atoms with Crippen LogP contribution < -0.4 is 10.6 Å². The zero-order chi connectivity index (χ0) is 18.5. The topological polar surface area (TPSA) is 84.2 Å². The van der Waals surface area contributed by atoms with Crippen LogP contribution in [-0.4, -0.2) is 16.8 Å². The van der Waals surface area contributed by atoms with E-state index in [-0.39, 0.29) is 18.1 Å². The summed E-state index contributed by atoms with van der Waals surface area (Å²) in [5.74, 6) is -0.179. The van der Waals surface area contributed by atoms with Crippen molar-refractivity contribution in [2.45, 2.75) is 6.54 Å². The van der Waals surface area contributed by atoms with Gasteiger partial charge in [-0.1, -0.05) is 23.2 Å². The molecule has 2 N–H and O–H groups in total. The second-order valence-electron chi connectivity index (χ2n) is 5.27. The molecule has 0 atom stereocenters. The first-order chi connectivity index (χ1) is 12.5. The first kappa shape index (κ1) is 18.0. The molecule has 0 saturated carbocycles. The van der Waals surface area contributed by atoms with Crippen molar-refractivity contribution >= 4 is 40.7 Å². The van der Waals surface area contributed by atoms with Crippen LogP contribution in [0.4, 0.5) is 5.69 Å². The first-order valence-corrected chi connectivity index (χ1v) is 8.31. The Bertz CT molecular complexity index is 943. The largest absolute Gasteiger partial charge is 0.467 e. The standard InChI is InChI=1S/C18H13Cl2N3O3/c19-14-4-3-12(9-15(14)20)23-18(25)16-8-11(5-6-21-16)17(24)22-10-13-2-1-7-26-13/h1-9H,10H2,(H,22,24)(H,23,25). The Morgan fingerprint density at radius 1 is 1.04 bits per heavy atom. The fourth-order valence-corrected chi connectivity index (χ4v) is 2.45. The molecule has 2 heterocycles. The van der Waals surface area contributed by atoms with Gasteiger partial charge in [0.25, 0.3) is 11.8 Å². The predicted molar refractivity (Wildman–Crippen MR) is 98.5 cm³/mol. The third-order valence-corrected chi connectivity index (χ3v) is 4.17. The Labute approximate surface area is 159 Å². The minimum absolute atomic E-state index is 0.0988. The molecule has 0 bridgehead atoms. The van der Waals surface area contributed by atoms with E-state index in [1.165, 1.54) is 30.7 Å². The lowest BCUT2D eigenvalue weighted by Gasteiger charge is -2.07. The second kappa shape index (κ2) is 8.03. The molecule has 0 aliphatic heterocycles. The van der Waals surface area contributed by atoms with Crippen LogP contribution >= 0.6 is 23.2 Å². The number of furan rings is 1. The summed E-state index contributed by atoms with van der Waals surface area (Å²) in [6, 6.07) is 11.1. The summed E-state index contributed by atoms with van der Waals surface area (Å²) in [6.07, 6.45) is 2.92. The quantitative estimate of drug-likeness (QED) is 0.685. The van der Waals surface area contributed by atoms with Crippen LogP contribution in [-0.2, 0) is 6.54 Å². The molecule has 2 aromatic heterocycles. The lowest BCUT2D eigenvalue weighted by Crippen LogP contribution is -2.23. The number of amides is 2. The Morgan fingerprint density at radius 3 is 2.62 bits per heavy atom. The molecule has 0 aliphatic rings. The highest BCUT2D eigenvalue weighted by molar-refractivity contribution is 6.42. The van der Waals surface area contributed by atoms with E-state index in [9.17, 15) is 9.59 Å². The van der Waals surface area contributed by atoms with Gasteiger partial charge < -0.3 is 15.1 Å². The van der Waals surface area contributed by atoms with E-state index in [1.54, 1.807) is 24.3 Å². The van der Waals surface area contributed by atoms with Crippen molar-refractivity contribution in [1.82, 2.24) is 10.3 Å². The van der Waals surface area contributed by atoms with Gasteiger partial charge in [0.2, 0.25) is 0 Å². The van der Waals surface area contributed by atoms with E-state index >= 15 is 0 Å². The number of carbonyl (C=O) groups excluding carboxylic acids is 2. The zero-order valence-corrected chi connectivity index (χ0v) is 14.8. The van der Waals surface area contributed by atoms with E-state index in [2.05, 4.69) is 15.6 Å². The average Bonchev–Trinajstić information content (AvgIpc) is 3.16. The van der Waals surface area contributed by atoms with Gasteiger partial charge in [0.15, 0.2) is 0 Å². The zero-order valence-electron chi connectivity index (χ0n) is 13.3. The number of halogens is 2. The maximum absolute atomic E-state index is 12.3. The molecule has 3 aromatic rings. The summed E-state index contributed by atoms with van der Waals surface area (Å²) >= 11 is 11.8. The van der Waals surface area contributed by atoms with Crippen molar-refractivity contribution in [2.75, 3.05) is 5.32 Å². The number of hydrogen-bond acceptors (Lipinski definition) is 4. The number of nitrogens with one attached hydrogen (secondary N) is 2. The average molecular weight is 390 g/mol. The highest BCUT2D eigenvalue weighted by Crippen LogP contribution is 2.25. The number of carbonyl (C=O) groups is 2. The molecule has 0 aliphatic carbocycles. The van der Waals surface area contributed by atoms with Gasteiger partial charge >= 0.3 is 0 Å². The van der Waals surface area contributed by atoms with Crippen molar-refractivity contribution < 1.29 is 14.0 Å². The molecule has 2 amide bonds. The number of aromatic nitrogens is 1. The van der Waals surface area contributed by atoms with Crippen LogP contribution in [0.15, 0.2) is 59.3 Å². The lowest BCUT2D eigenvalue weighted by molar-refractivity contribution is 0.0948. The normalized spacial score (nSPS) is 10.4. The third-order valence-electron chi connectivity index (χ3n) is 3.44. The third kappa shape index (κ3) is 4.41. The minimum Gasteiger partial charge on any atom is -0.467 e. The van der Waals surface area contributed by atoms with Gasteiger partial charge in [0.05, 0.1) is 22.9 Å². The van der Waals surface area contributed by atoms with E-state index < -0.39 is 5.91 Å². The summed E-state index contributed by atoms with van der Waals surface area (Å²) in [7, 11) is 0. The highest BCUT2D eigenvalue weighted by atomic mass is 35.5. The van der Waals surface area contributed by atoms with E-state index in [4.69, 9.17) is 27.6 Å².